The molecule has 1 amide bonds. The highest BCUT2D eigenvalue weighted by molar-refractivity contribution is 6.32. The van der Waals surface area contributed by atoms with Gasteiger partial charge in [-0.25, -0.2) is 4.98 Å². The number of halogens is 1. The number of aromatic nitrogens is 4. The SMILES string of the molecule is Cn1cc(Nc2ncc(Cl)c(N3C[C@]4(C)CN(C(=O)C5COC5)C[C@]4(C)C3)n2)cn1. The fraction of sp³-hybridized carbons (Fsp3) is 0.600. The Kier molecular flexibility index (Phi) is 4.44. The number of nitrogens with one attached hydrogen (secondary N) is 1. The van der Waals surface area contributed by atoms with E-state index in [0.29, 0.717) is 24.2 Å². The molecular formula is C20H26ClN7O2. The molecule has 0 unspecified atom stereocenters. The lowest BCUT2D eigenvalue weighted by molar-refractivity contribution is -0.149. The van der Waals surface area contributed by atoms with E-state index in [9.17, 15) is 4.79 Å². The number of rotatable bonds is 4. The number of carbonyl (C=O) groups excluding carboxylic acids is 1. The summed E-state index contributed by atoms with van der Waals surface area (Å²) in [7, 11) is 1.86. The molecule has 5 rings (SSSR count). The van der Waals surface area contributed by atoms with Gasteiger partial charge in [0.05, 0.1) is 37.2 Å². The molecule has 5 heterocycles. The summed E-state index contributed by atoms with van der Waals surface area (Å²) in [5.41, 5.74) is 0.758. The maximum absolute atomic E-state index is 12.7. The van der Waals surface area contributed by atoms with Crippen LogP contribution in [0.4, 0.5) is 17.5 Å². The second kappa shape index (κ2) is 6.81. The first-order valence-electron chi connectivity index (χ1n) is 10.2. The summed E-state index contributed by atoms with van der Waals surface area (Å²) < 4.78 is 6.92. The Labute approximate surface area is 180 Å². The van der Waals surface area contributed by atoms with Gasteiger partial charge < -0.3 is 19.9 Å². The number of likely N-dealkylation sites (tertiary alicyclic amines) is 1. The van der Waals surface area contributed by atoms with Crippen molar-refractivity contribution < 1.29 is 9.53 Å². The fourth-order valence-corrected chi connectivity index (χ4v) is 5.07. The molecule has 10 heteroatoms. The molecule has 3 saturated heterocycles. The van der Waals surface area contributed by atoms with Crippen LogP contribution in [-0.4, -0.2) is 69.9 Å². The summed E-state index contributed by atoms with van der Waals surface area (Å²) in [6, 6.07) is 0. The largest absolute Gasteiger partial charge is 0.380 e. The van der Waals surface area contributed by atoms with Crippen molar-refractivity contribution in [2.75, 3.05) is 49.6 Å². The molecule has 9 nitrogen and oxygen atoms in total. The predicted octanol–water partition coefficient (Wildman–Crippen LogP) is 1.93. The van der Waals surface area contributed by atoms with Crippen LogP contribution in [0, 0.1) is 16.7 Å². The van der Waals surface area contributed by atoms with Gasteiger partial charge in [-0.3, -0.25) is 9.48 Å². The van der Waals surface area contributed by atoms with Crippen LogP contribution in [0.25, 0.3) is 0 Å². The molecule has 3 fully saturated rings. The average Bonchev–Trinajstić information content (AvgIpc) is 3.23. The first-order chi connectivity index (χ1) is 14.3. The van der Waals surface area contributed by atoms with Crippen molar-refractivity contribution in [3.05, 3.63) is 23.6 Å². The smallest absolute Gasteiger partial charge is 0.230 e. The van der Waals surface area contributed by atoms with Crippen molar-refractivity contribution >= 4 is 35.0 Å². The van der Waals surface area contributed by atoms with Gasteiger partial charge in [0, 0.05) is 50.3 Å². The van der Waals surface area contributed by atoms with Crippen molar-refractivity contribution in [3.8, 4) is 0 Å². The first-order valence-corrected chi connectivity index (χ1v) is 10.5. The van der Waals surface area contributed by atoms with E-state index < -0.39 is 0 Å². The Morgan fingerprint density at radius 3 is 2.47 bits per heavy atom. The van der Waals surface area contributed by atoms with E-state index in [1.165, 1.54) is 0 Å². The lowest BCUT2D eigenvalue weighted by Crippen LogP contribution is -2.45. The molecule has 0 aliphatic carbocycles. The second-order valence-electron chi connectivity index (χ2n) is 9.30. The molecule has 0 spiro atoms. The van der Waals surface area contributed by atoms with Crippen LogP contribution >= 0.6 is 11.6 Å². The van der Waals surface area contributed by atoms with Crippen LogP contribution in [0.3, 0.4) is 0 Å². The Morgan fingerprint density at radius 2 is 1.90 bits per heavy atom. The number of ether oxygens (including phenoxy) is 1. The van der Waals surface area contributed by atoms with E-state index in [0.717, 1.165) is 37.7 Å². The van der Waals surface area contributed by atoms with Crippen molar-refractivity contribution in [1.82, 2.24) is 24.6 Å². The summed E-state index contributed by atoms with van der Waals surface area (Å²) in [4.78, 5) is 26.0. The number of nitrogens with zero attached hydrogens (tertiary/aromatic N) is 6. The summed E-state index contributed by atoms with van der Waals surface area (Å²) in [5.74, 6) is 1.47. The quantitative estimate of drug-likeness (QED) is 0.791. The van der Waals surface area contributed by atoms with Gasteiger partial charge in [-0.05, 0) is 0 Å². The van der Waals surface area contributed by atoms with Gasteiger partial charge in [0.15, 0.2) is 5.82 Å². The minimum Gasteiger partial charge on any atom is -0.380 e. The Balaban J connectivity index is 1.34. The van der Waals surface area contributed by atoms with E-state index in [4.69, 9.17) is 21.3 Å². The van der Waals surface area contributed by atoms with Crippen LogP contribution in [0.5, 0.6) is 0 Å². The normalized spacial score (nSPS) is 28.5. The summed E-state index contributed by atoms with van der Waals surface area (Å²) >= 11 is 6.49. The Bertz CT molecular complexity index is 973. The lowest BCUT2D eigenvalue weighted by Gasteiger charge is -2.31. The van der Waals surface area contributed by atoms with Gasteiger partial charge in [-0.15, -0.1) is 0 Å². The topological polar surface area (TPSA) is 88.4 Å². The number of hydrogen-bond donors (Lipinski definition) is 1. The highest BCUT2D eigenvalue weighted by Gasteiger charge is 2.59. The molecule has 3 aliphatic heterocycles. The number of carbonyl (C=O) groups is 1. The molecule has 1 N–H and O–H groups in total. The van der Waals surface area contributed by atoms with Crippen LogP contribution in [0.1, 0.15) is 13.8 Å². The number of amides is 1. The Hall–Kier alpha value is -2.39. The molecule has 30 heavy (non-hydrogen) atoms. The van der Waals surface area contributed by atoms with Crippen molar-refractivity contribution in [2.45, 2.75) is 13.8 Å². The van der Waals surface area contributed by atoms with Crippen LogP contribution in [0.2, 0.25) is 5.02 Å². The average molecular weight is 432 g/mol. The molecule has 0 bridgehead atoms. The zero-order valence-electron chi connectivity index (χ0n) is 17.4. The molecule has 0 saturated carbocycles. The molecule has 160 valence electrons. The van der Waals surface area contributed by atoms with Gasteiger partial charge in [0.2, 0.25) is 11.9 Å². The number of fused-ring (bicyclic) bond motifs is 1. The third-order valence-electron chi connectivity index (χ3n) is 6.90. The summed E-state index contributed by atoms with van der Waals surface area (Å²) in [6.07, 6.45) is 5.21. The van der Waals surface area contributed by atoms with Crippen LogP contribution < -0.4 is 10.2 Å². The van der Waals surface area contributed by atoms with Crippen molar-refractivity contribution in [3.63, 3.8) is 0 Å². The molecule has 0 radical (unpaired) electrons. The van der Waals surface area contributed by atoms with E-state index in [2.05, 4.69) is 34.1 Å². The van der Waals surface area contributed by atoms with Crippen molar-refractivity contribution in [1.29, 1.82) is 0 Å². The van der Waals surface area contributed by atoms with E-state index in [1.54, 1.807) is 17.1 Å². The standard InChI is InChI=1S/C20H26ClN7O2/c1-19-9-27(10-20(19,2)12-28(11-19)17(29)13-7-30-8-13)16-15(21)5-22-18(25-16)24-14-4-23-26(3)6-14/h4-6,13H,7-12H2,1-3H3,(H,22,24,25)/t19-,20+. The summed E-state index contributed by atoms with van der Waals surface area (Å²) in [5, 5.41) is 7.86. The van der Waals surface area contributed by atoms with E-state index in [-0.39, 0.29) is 22.7 Å². The van der Waals surface area contributed by atoms with Crippen molar-refractivity contribution in [2.24, 2.45) is 23.8 Å². The predicted molar refractivity (Wildman–Crippen MR) is 113 cm³/mol. The lowest BCUT2D eigenvalue weighted by atomic mass is 9.71. The highest BCUT2D eigenvalue weighted by atomic mass is 35.5. The second-order valence-corrected chi connectivity index (χ2v) is 9.71. The zero-order chi connectivity index (χ0) is 21.1. The first kappa shape index (κ1) is 19.6. The third kappa shape index (κ3) is 3.11. The number of hydrogen-bond acceptors (Lipinski definition) is 7. The summed E-state index contributed by atoms with van der Waals surface area (Å²) in [6.45, 7) is 8.71. The molecule has 0 aromatic carbocycles. The van der Waals surface area contributed by atoms with Crippen LogP contribution in [-0.2, 0) is 16.6 Å². The van der Waals surface area contributed by atoms with E-state index >= 15 is 0 Å². The minimum atomic E-state index is -0.0293. The van der Waals surface area contributed by atoms with Gasteiger partial charge >= 0.3 is 0 Å². The maximum atomic E-state index is 12.7. The molecule has 2 atom stereocenters. The molecule has 2 aromatic rings. The molecule has 2 aromatic heterocycles. The third-order valence-corrected chi connectivity index (χ3v) is 7.17. The highest BCUT2D eigenvalue weighted by Crippen LogP contribution is 2.53. The van der Waals surface area contributed by atoms with Gasteiger partial charge in [-0.2, -0.15) is 10.1 Å². The molecule has 3 aliphatic rings. The number of anilines is 3. The minimum absolute atomic E-state index is 0.0293. The number of aryl methyl sites for hydroxylation is 1. The Morgan fingerprint density at radius 1 is 1.20 bits per heavy atom. The fourth-order valence-electron chi connectivity index (χ4n) is 4.86. The monoisotopic (exact) mass is 431 g/mol. The van der Waals surface area contributed by atoms with Crippen LogP contribution in [0.15, 0.2) is 18.6 Å². The van der Waals surface area contributed by atoms with Gasteiger partial charge in [0.1, 0.15) is 5.02 Å². The van der Waals surface area contributed by atoms with E-state index in [1.807, 2.05) is 18.1 Å². The zero-order valence-corrected chi connectivity index (χ0v) is 18.2. The van der Waals surface area contributed by atoms with Gasteiger partial charge in [0.25, 0.3) is 0 Å². The van der Waals surface area contributed by atoms with Gasteiger partial charge in [-0.1, -0.05) is 25.4 Å². The maximum Gasteiger partial charge on any atom is 0.230 e. The molecular weight excluding hydrogens is 406 g/mol.